The van der Waals surface area contributed by atoms with Crippen LogP contribution in [0.4, 0.5) is 5.69 Å². The van der Waals surface area contributed by atoms with E-state index in [9.17, 15) is 4.79 Å². The quantitative estimate of drug-likeness (QED) is 0.901. The van der Waals surface area contributed by atoms with Gasteiger partial charge in [-0.2, -0.15) is 0 Å². The molecular weight excluding hydrogens is 312 g/mol. The van der Waals surface area contributed by atoms with Gasteiger partial charge in [-0.1, -0.05) is 21.1 Å². The smallest absolute Gasteiger partial charge is 0.358 e. The lowest BCUT2D eigenvalue weighted by Gasteiger charge is -2.09. The fourth-order valence-corrected chi connectivity index (χ4v) is 1.96. The summed E-state index contributed by atoms with van der Waals surface area (Å²) in [4.78, 5) is 10.7. The van der Waals surface area contributed by atoms with Crippen molar-refractivity contribution in [2.24, 2.45) is 0 Å². The number of carboxylic acids is 1. The topological polar surface area (TPSA) is 75.4 Å². The number of aromatic nitrogens is 1. The van der Waals surface area contributed by atoms with Gasteiger partial charge in [0, 0.05) is 16.2 Å². The first kappa shape index (κ1) is 13.6. The summed E-state index contributed by atoms with van der Waals surface area (Å²) in [5.74, 6) is -0.610. The maximum atomic E-state index is 10.7. The van der Waals surface area contributed by atoms with Crippen molar-refractivity contribution in [2.75, 3.05) is 5.32 Å². The summed E-state index contributed by atoms with van der Waals surface area (Å²) < 4.78 is 6.02. The first-order chi connectivity index (χ1) is 8.97. The SMILES string of the molecule is Cc1cc(NCc2cc(C(=O)O)no2)cc(C)c1Br. The largest absolute Gasteiger partial charge is 0.476 e. The molecule has 0 radical (unpaired) electrons. The van der Waals surface area contributed by atoms with Crippen molar-refractivity contribution in [1.82, 2.24) is 5.16 Å². The molecule has 0 fully saturated rings. The average molecular weight is 325 g/mol. The summed E-state index contributed by atoms with van der Waals surface area (Å²) in [6.45, 7) is 4.42. The normalized spacial score (nSPS) is 10.5. The lowest BCUT2D eigenvalue weighted by atomic mass is 10.1. The van der Waals surface area contributed by atoms with Gasteiger partial charge in [0.15, 0.2) is 11.5 Å². The highest BCUT2D eigenvalue weighted by Gasteiger charge is 2.10. The number of hydrogen-bond donors (Lipinski definition) is 2. The molecule has 2 N–H and O–H groups in total. The van der Waals surface area contributed by atoms with Crippen molar-refractivity contribution in [1.29, 1.82) is 0 Å². The van der Waals surface area contributed by atoms with Crippen molar-refractivity contribution < 1.29 is 14.4 Å². The van der Waals surface area contributed by atoms with E-state index in [2.05, 4.69) is 26.4 Å². The lowest BCUT2D eigenvalue weighted by molar-refractivity contribution is 0.0685. The molecule has 0 amide bonds. The van der Waals surface area contributed by atoms with Crippen molar-refractivity contribution in [3.05, 3.63) is 45.3 Å². The molecule has 0 saturated heterocycles. The number of carboxylic acid groups (broad SMARTS) is 1. The maximum absolute atomic E-state index is 10.7. The maximum Gasteiger partial charge on any atom is 0.358 e. The third kappa shape index (κ3) is 3.14. The second-order valence-corrected chi connectivity index (χ2v) is 5.05. The molecule has 2 rings (SSSR count). The standard InChI is InChI=1S/C13H13BrN2O3/c1-7-3-9(4-8(2)12(7)14)15-6-10-5-11(13(17)18)16-19-10/h3-5,15H,6H2,1-2H3,(H,17,18). The molecule has 100 valence electrons. The van der Waals surface area contributed by atoms with Crippen LogP contribution in [-0.4, -0.2) is 16.2 Å². The van der Waals surface area contributed by atoms with E-state index < -0.39 is 5.97 Å². The number of carbonyl (C=O) groups is 1. The second-order valence-electron chi connectivity index (χ2n) is 4.26. The van der Waals surface area contributed by atoms with Gasteiger partial charge in [-0.25, -0.2) is 4.79 Å². The van der Waals surface area contributed by atoms with E-state index >= 15 is 0 Å². The Morgan fingerprint density at radius 1 is 1.37 bits per heavy atom. The van der Waals surface area contributed by atoms with Crippen molar-refractivity contribution in [2.45, 2.75) is 20.4 Å². The van der Waals surface area contributed by atoms with Gasteiger partial charge < -0.3 is 14.9 Å². The number of nitrogens with zero attached hydrogens (tertiary/aromatic N) is 1. The predicted octanol–water partition coefficient (Wildman–Crippen LogP) is 3.36. The number of rotatable bonds is 4. The van der Waals surface area contributed by atoms with Gasteiger partial charge in [0.25, 0.3) is 0 Å². The van der Waals surface area contributed by atoms with Gasteiger partial charge in [-0.05, 0) is 37.1 Å². The summed E-state index contributed by atoms with van der Waals surface area (Å²) in [7, 11) is 0. The monoisotopic (exact) mass is 324 g/mol. The zero-order valence-electron chi connectivity index (χ0n) is 10.5. The number of aryl methyl sites for hydroxylation is 2. The third-order valence-electron chi connectivity index (χ3n) is 2.68. The minimum atomic E-state index is -1.09. The molecule has 0 unspecified atom stereocenters. The zero-order chi connectivity index (χ0) is 14.0. The van der Waals surface area contributed by atoms with Crippen LogP contribution in [0.25, 0.3) is 0 Å². The van der Waals surface area contributed by atoms with Crippen LogP contribution in [0.2, 0.25) is 0 Å². The predicted molar refractivity (Wildman–Crippen MR) is 74.4 cm³/mol. The van der Waals surface area contributed by atoms with Crippen LogP contribution < -0.4 is 5.32 Å². The molecule has 0 spiro atoms. The molecule has 6 heteroatoms. The minimum Gasteiger partial charge on any atom is -0.476 e. The van der Waals surface area contributed by atoms with E-state index in [-0.39, 0.29) is 5.69 Å². The first-order valence-corrected chi connectivity index (χ1v) is 6.46. The first-order valence-electron chi connectivity index (χ1n) is 5.67. The molecule has 1 aromatic carbocycles. The third-order valence-corrected chi connectivity index (χ3v) is 3.93. The Balaban J connectivity index is 2.08. The molecule has 0 aliphatic heterocycles. The van der Waals surface area contributed by atoms with E-state index in [0.29, 0.717) is 12.3 Å². The van der Waals surface area contributed by atoms with Crippen LogP contribution in [0.3, 0.4) is 0 Å². The molecular formula is C13H13BrN2O3. The molecule has 0 saturated carbocycles. The summed E-state index contributed by atoms with van der Waals surface area (Å²) >= 11 is 3.51. The number of halogens is 1. The lowest BCUT2D eigenvalue weighted by Crippen LogP contribution is -1.99. The Bertz CT molecular complexity index is 599. The van der Waals surface area contributed by atoms with E-state index in [1.165, 1.54) is 6.07 Å². The van der Waals surface area contributed by atoms with Gasteiger partial charge in [0.1, 0.15) is 0 Å². The van der Waals surface area contributed by atoms with Crippen molar-refractivity contribution in [3.8, 4) is 0 Å². The fourth-order valence-electron chi connectivity index (χ4n) is 1.73. The average Bonchev–Trinajstić information content (AvgIpc) is 2.82. The van der Waals surface area contributed by atoms with Crippen LogP contribution in [0.15, 0.2) is 27.2 Å². The van der Waals surface area contributed by atoms with Crippen LogP contribution in [0.5, 0.6) is 0 Å². The molecule has 0 aliphatic carbocycles. The van der Waals surface area contributed by atoms with Gasteiger partial charge >= 0.3 is 5.97 Å². The number of aromatic carboxylic acids is 1. The summed E-state index contributed by atoms with van der Waals surface area (Å²) in [6.07, 6.45) is 0. The number of anilines is 1. The molecule has 2 aromatic rings. The molecule has 5 nitrogen and oxygen atoms in total. The van der Waals surface area contributed by atoms with E-state index in [1.807, 2.05) is 26.0 Å². The highest BCUT2D eigenvalue weighted by atomic mass is 79.9. The summed E-state index contributed by atoms with van der Waals surface area (Å²) in [6, 6.07) is 5.42. The van der Waals surface area contributed by atoms with Crippen LogP contribution in [0.1, 0.15) is 27.4 Å². The van der Waals surface area contributed by atoms with Crippen molar-refractivity contribution >= 4 is 27.6 Å². The van der Waals surface area contributed by atoms with Crippen LogP contribution in [0, 0.1) is 13.8 Å². The fraction of sp³-hybridized carbons (Fsp3) is 0.231. The van der Waals surface area contributed by atoms with Gasteiger partial charge in [0.05, 0.1) is 6.54 Å². The Kier molecular flexibility index (Phi) is 3.90. The van der Waals surface area contributed by atoms with Gasteiger partial charge in [-0.15, -0.1) is 0 Å². The second kappa shape index (κ2) is 5.44. The van der Waals surface area contributed by atoms with E-state index in [0.717, 1.165) is 21.3 Å². The summed E-state index contributed by atoms with van der Waals surface area (Å²) in [5.41, 5.74) is 3.13. The Labute approximate surface area is 118 Å². The number of hydrogen-bond acceptors (Lipinski definition) is 4. The molecule has 1 heterocycles. The van der Waals surface area contributed by atoms with Crippen molar-refractivity contribution in [3.63, 3.8) is 0 Å². The number of benzene rings is 1. The van der Waals surface area contributed by atoms with Gasteiger partial charge in [0.2, 0.25) is 0 Å². The molecule has 1 aromatic heterocycles. The highest BCUT2D eigenvalue weighted by Crippen LogP contribution is 2.25. The highest BCUT2D eigenvalue weighted by molar-refractivity contribution is 9.10. The number of nitrogens with one attached hydrogen (secondary N) is 1. The molecule has 0 aliphatic rings. The van der Waals surface area contributed by atoms with Gasteiger partial charge in [-0.3, -0.25) is 0 Å². The Morgan fingerprint density at radius 3 is 2.53 bits per heavy atom. The van der Waals surface area contributed by atoms with Crippen LogP contribution in [-0.2, 0) is 6.54 Å². The van der Waals surface area contributed by atoms with E-state index in [4.69, 9.17) is 9.63 Å². The molecule has 19 heavy (non-hydrogen) atoms. The zero-order valence-corrected chi connectivity index (χ0v) is 12.1. The molecule has 0 atom stereocenters. The Morgan fingerprint density at radius 2 is 2.00 bits per heavy atom. The van der Waals surface area contributed by atoms with Crippen LogP contribution >= 0.6 is 15.9 Å². The Hall–Kier alpha value is -1.82. The minimum absolute atomic E-state index is 0.0834. The summed E-state index contributed by atoms with van der Waals surface area (Å²) in [5, 5.41) is 15.4. The van der Waals surface area contributed by atoms with E-state index in [1.54, 1.807) is 0 Å². The molecule has 0 bridgehead atoms.